The van der Waals surface area contributed by atoms with Gasteiger partial charge in [0.15, 0.2) is 0 Å². The zero-order chi connectivity index (χ0) is 10.5. The maximum Gasteiger partial charge on any atom is 0.246 e. The third-order valence-electron chi connectivity index (χ3n) is 2.41. The molecule has 0 aromatic carbocycles. The van der Waals surface area contributed by atoms with Gasteiger partial charge >= 0.3 is 0 Å². The van der Waals surface area contributed by atoms with Crippen LogP contribution >= 0.6 is 0 Å². The molecule has 0 saturated carbocycles. The summed E-state index contributed by atoms with van der Waals surface area (Å²) in [6.07, 6.45) is 5.69. The number of hydrogen-bond donors (Lipinski definition) is 0. The Morgan fingerprint density at radius 2 is 2.27 bits per heavy atom. The summed E-state index contributed by atoms with van der Waals surface area (Å²) in [5.74, 6) is 0.0734. The minimum atomic E-state index is 0.0734. The number of amides is 1. The van der Waals surface area contributed by atoms with Crippen LogP contribution < -0.4 is 0 Å². The Balaban J connectivity index is 1.80. The van der Waals surface area contributed by atoms with E-state index in [1.807, 2.05) is 12.1 Å². The van der Waals surface area contributed by atoms with E-state index in [-0.39, 0.29) is 5.91 Å². The van der Waals surface area contributed by atoms with Crippen molar-refractivity contribution in [3.63, 3.8) is 0 Å². The molecule has 1 amide bonds. The lowest BCUT2D eigenvalue weighted by Crippen LogP contribution is -2.26. The van der Waals surface area contributed by atoms with E-state index in [1.54, 1.807) is 12.4 Å². The molecule has 2 rings (SSSR count). The zero-order valence-corrected chi connectivity index (χ0v) is 8.56. The Morgan fingerprint density at radius 1 is 1.47 bits per heavy atom. The van der Waals surface area contributed by atoms with Crippen LogP contribution in [-0.2, 0) is 16.1 Å². The van der Waals surface area contributed by atoms with Crippen molar-refractivity contribution in [2.24, 2.45) is 0 Å². The molecule has 1 aromatic rings. The molecule has 0 unspecified atom stereocenters. The van der Waals surface area contributed by atoms with E-state index in [1.165, 1.54) is 5.06 Å². The highest BCUT2D eigenvalue weighted by Gasteiger charge is 2.18. The maximum atomic E-state index is 11.6. The van der Waals surface area contributed by atoms with Crippen LogP contribution in [0.1, 0.15) is 18.4 Å². The SMILES string of the molecule is O=C(CCc1ccncc1)N1CCCO1. The first-order valence-corrected chi connectivity index (χ1v) is 5.18. The zero-order valence-electron chi connectivity index (χ0n) is 8.56. The monoisotopic (exact) mass is 206 g/mol. The summed E-state index contributed by atoms with van der Waals surface area (Å²) in [6, 6.07) is 3.86. The van der Waals surface area contributed by atoms with E-state index in [2.05, 4.69) is 4.98 Å². The fourth-order valence-corrected chi connectivity index (χ4v) is 1.57. The van der Waals surface area contributed by atoms with Gasteiger partial charge in [0.25, 0.3) is 0 Å². The first kappa shape index (κ1) is 10.1. The van der Waals surface area contributed by atoms with Gasteiger partial charge in [0.2, 0.25) is 5.91 Å². The second-order valence-electron chi connectivity index (χ2n) is 3.54. The third-order valence-corrected chi connectivity index (χ3v) is 2.41. The molecule has 15 heavy (non-hydrogen) atoms. The number of nitrogens with zero attached hydrogens (tertiary/aromatic N) is 2. The van der Waals surface area contributed by atoms with Crippen LogP contribution in [0.3, 0.4) is 0 Å². The first-order chi connectivity index (χ1) is 7.36. The number of pyridine rings is 1. The van der Waals surface area contributed by atoms with Crippen molar-refractivity contribution in [1.29, 1.82) is 0 Å². The molecule has 4 heteroatoms. The number of rotatable bonds is 3. The quantitative estimate of drug-likeness (QED) is 0.745. The van der Waals surface area contributed by atoms with Gasteiger partial charge in [-0.05, 0) is 30.5 Å². The van der Waals surface area contributed by atoms with Crippen molar-refractivity contribution in [2.75, 3.05) is 13.2 Å². The van der Waals surface area contributed by atoms with E-state index < -0.39 is 0 Å². The van der Waals surface area contributed by atoms with Crippen molar-refractivity contribution in [2.45, 2.75) is 19.3 Å². The van der Waals surface area contributed by atoms with E-state index in [0.717, 1.165) is 24.9 Å². The fraction of sp³-hybridized carbons (Fsp3) is 0.455. The number of aryl methyl sites for hydroxylation is 1. The average molecular weight is 206 g/mol. The second-order valence-corrected chi connectivity index (χ2v) is 3.54. The van der Waals surface area contributed by atoms with Gasteiger partial charge in [0, 0.05) is 18.8 Å². The highest BCUT2D eigenvalue weighted by Crippen LogP contribution is 2.08. The normalized spacial score (nSPS) is 15.6. The minimum Gasteiger partial charge on any atom is -0.273 e. The molecule has 0 bridgehead atoms. The van der Waals surface area contributed by atoms with Crippen molar-refractivity contribution in [3.8, 4) is 0 Å². The molecule has 1 aliphatic heterocycles. The van der Waals surface area contributed by atoms with Crippen molar-refractivity contribution in [1.82, 2.24) is 10.0 Å². The van der Waals surface area contributed by atoms with Gasteiger partial charge in [0.1, 0.15) is 0 Å². The number of hydroxylamine groups is 2. The molecule has 80 valence electrons. The molecule has 1 saturated heterocycles. The summed E-state index contributed by atoms with van der Waals surface area (Å²) in [5.41, 5.74) is 1.14. The maximum absolute atomic E-state index is 11.6. The minimum absolute atomic E-state index is 0.0734. The van der Waals surface area contributed by atoms with Crippen LogP contribution in [-0.4, -0.2) is 29.1 Å². The van der Waals surface area contributed by atoms with Gasteiger partial charge in [-0.3, -0.25) is 14.6 Å². The molecule has 4 nitrogen and oxygen atoms in total. The average Bonchev–Trinajstić information content (AvgIpc) is 2.81. The molecular formula is C11H14N2O2. The van der Waals surface area contributed by atoms with Crippen LogP contribution in [0, 0.1) is 0 Å². The molecule has 1 aliphatic rings. The molecule has 2 heterocycles. The van der Waals surface area contributed by atoms with Gasteiger partial charge in [-0.15, -0.1) is 0 Å². The van der Waals surface area contributed by atoms with Gasteiger partial charge in [-0.25, -0.2) is 5.06 Å². The van der Waals surface area contributed by atoms with E-state index in [9.17, 15) is 4.79 Å². The highest BCUT2D eigenvalue weighted by atomic mass is 16.7. The third kappa shape index (κ3) is 2.76. The summed E-state index contributed by atoms with van der Waals surface area (Å²) < 4.78 is 0. The predicted molar refractivity (Wildman–Crippen MR) is 54.8 cm³/mol. The van der Waals surface area contributed by atoms with Crippen molar-refractivity contribution >= 4 is 5.91 Å². The number of aromatic nitrogens is 1. The molecule has 0 spiro atoms. The second kappa shape index (κ2) is 4.89. The Kier molecular flexibility index (Phi) is 3.29. The predicted octanol–water partition coefficient (Wildman–Crippen LogP) is 1.18. The summed E-state index contributed by atoms with van der Waals surface area (Å²) in [5, 5.41) is 1.47. The van der Waals surface area contributed by atoms with Gasteiger partial charge in [-0.2, -0.15) is 0 Å². The van der Waals surface area contributed by atoms with Crippen LogP contribution in [0.4, 0.5) is 0 Å². The molecule has 1 fully saturated rings. The number of carbonyl (C=O) groups is 1. The first-order valence-electron chi connectivity index (χ1n) is 5.18. The van der Waals surface area contributed by atoms with Gasteiger partial charge in [0.05, 0.1) is 13.2 Å². The van der Waals surface area contributed by atoms with Crippen LogP contribution in [0.5, 0.6) is 0 Å². The van der Waals surface area contributed by atoms with Crippen molar-refractivity contribution in [3.05, 3.63) is 30.1 Å². The molecule has 0 N–H and O–H groups in total. The lowest BCUT2D eigenvalue weighted by molar-refractivity contribution is -0.168. The summed E-state index contributed by atoms with van der Waals surface area (Å²) >= 11 is 0. The molecule has 0 radical (unpaired) electrons. The number of carbonyl (C=O) groups excluding carboxylic acids is 1. The van der Waals surface area contributed by atoms with E-state index >= 15 is 0 Å². The lowest BCUT2D eigenvalue weighted by Gasteiger charge is -2.13. The van der Waals surface area contributed by atoms with Gasteiger partial charge in [-0.1, -0.05) is 0 Å². The fourth-order valence-electron chi connectivity index (χ4n) is 1.57. The largest absolute Gasteiger partial charge is 0.273 e. The lowest BCUT2D eigenvalue weighted by atomic mass is 10.1. The standard InChI is InChI=1S/C11H14N2O2/c14-11(13-8-1-9-15-13)3-2-10-4-6-12-7-5-10/h4-7H,1-3,8-9H2. The Labute approximate surface area is 88.8 Å². The molecule has 0 atom stereocenters. The number of hydrogen-bond acceptors (Lipinski definition) is 3. The van der Waals surface area contributed by atoms with Crippen LogP contribution in [0.2, 0.25) is 0 Å². The topological polar surface area (TPSA) is 42.4 Å². The molecule has 1 aromatic heterocycles. The van der Waals surface area contributed by atoms with Gasteiger partial charge < -0.3 is 0 Å². The Bertz CT molecular complexity index is 321. The summed E-state index contributed by atoms with van der Waals surface area (Å²) in [4.78, 5) is 20.7. The van der Waals surface area contributed by atoms with E-state index in [4.69, 9.17) is 4.84 Å². The smallest absolute Gasteiger partial charge is 0.246 e. The van der Waals surface area contributed by atoms with E-state index in [0.29, 0.717) is 13.0 Å². The molecule has 0 aliphatic carbocycles. The summed E-state index contributed by atoms with van der Waals surface area (Å²) in [6.45, 7) is 1.40. The Morgan fingerprint density at radius 3 is 2.93 bits per heavy atom. The summed E-state index contributed by atoms with van der Waals surface area (Å²) in [7, 11) is 0. The van der Waals surface area contributed by atoms with Crippen molar-refractivity contribution < 1.29 is 9.63 Å². The Hall–Kier alpha value is -1.42. The highest BCUT2D eigenvalue weighted by molar-refractivity contribution is 5.75. The molecular weight excluding hydrogens is 192 g/mol. The van der Waals surface area contributed by atoms with Crippen LogP contribution in [0.25, 0.3) is 0 Å². The van der Waals surface area contributed by atoms with Crippen LogP contribution in [0.15, 0.2) is 24.5 Å².